The Balaban J connectivity index is 2.12. The average molecular weight is 192 g/mol. The van der Waals surface area contributed by atoms with Gasteiger partial charge in [0, 0.05) is 7.11 Å². The van der Waals surface area contributed by atoms with E-state index >= 15 is 0 Å². The van der Waals surface area contributed by atoms with Gasteiger partial charge in [0.1, 0.15) is 12.2 Å². The lowest BCUT2D eigenvalue weighted by atomic mass is 10.2. The van der Waals surface area contributed by atoms with E-state index < -0.39 is 30.6 Å². The summed E-state index contributed by atoms with van der Waals surface area (Å²) in [5, 5.41) is 0. The maximum atomic E-state index is 13.2. The van der Waals surface area contributed by atoms with Gasteiger partial charge in [-0.05, 0) is 13.8 Å². The molecule has 76 valence electrons. The van der Waals surface area contributed by atoms with Crippen molar-refractivity contribution in [3.05, 3.63) is 0 Å². The predicted octanol–water partition coefficient (Wildman–Crippen LogP) is 0.805. The molecule has 0 saturated carbocycles. The molecule has 0 spiro atoms. The van der Waals surface area contributed by atoms with Gasteiger partial charge in [-0.1, -0.05) is 0 Å². The zero-order chi connectivity index (χ0) is 9.64. The Labute approximate surface area is 75.9 Å². The van der Waals surface area contributed by atoms with E-state index in [1.165, 1.54) is 7.11 Å². The average Bonchev–Trinajstić information content (AvgIpc) is 2.47. The smallest absolute Gasteiger partial charge is 0.230 e. The summed E-state index contributed by atoms with van der Waals surface area (Å²) >= 11 is 0. The third kappa shape index (κ3) is 1.46. The van der Waals surface area contributed by atoms with E-state index in [0.717, 1.165) is 0 Å². The molecular weight excluding hydrogens is 179 g/mol. The largest absolute Gasteiger partial charge is 0.353 e. The SMILES string of the molecule is CO[C@@H]1O[C@H](F)[C@H]2OC(C)(C)O[C@@H]12. The molecule has 0 aromatic rings. The zero-order valence-electron chi connectivity index (χ0n) is 7.82. The highest BCUT2D eigenvalue weighted by molar-refractivity contribution is 4.90. The molecule has 2 fully saturated rings. The molecule has 4 nitrogen and oxygen atoms in total. The summed E-state index contributed by atoms with van der Waals surface area (Å²) in [6, 6.07) is 0. The van der Waals surface area contributed by atoms with Crippen molar-refractivity contribution < 1.29 is 23.3 Å². The van der Waals surface area contributed by atoms with Crippen molar-refractivity contribution in [3.63, 3.8) is 0 Å². The first-order chi connectivity index (χ1) is 6.03. The fraction of sp³-hybridized carbons (Fsp3) is 1.00. The molecule has 0 aliphatic carbocycles. The van der Waals surface area contributed by atoms with Crippen LogP contribution < -0.4 is 0 Å². The molecule has 4 atom stereocenters. The van der Waals surface area contributed by atoms with Crippen molar-refractivity contribution in [1.82, 2.24) is 0 Å². The Bertz CT molecular complexity index is 208. The zero-order valence-corrected chi connectivity index (χ0v) is 7.82. The molecule has 0 amide bonds. The number of halogens is 1. The summed E-state index contributed by atoms with van der Waals surface area (Å²) in [6.07, 6.45) is -3.26. The maximum Gasteiger partial charge on any atom is 0.230 e. The standard InChI is InChI=1S/C8H13FO4/c1-8(2)12-4-5(13-8)7(10-3)11-6(4)9/h4-7H,1-3H3/t4-,5+,6-,7+/m0/s1. The van der Waals surface area contributed by atoms with Gasteiger partial charge in [-0.25, -0.2) is 4.39 Å². The van der Waals surface area contributed by atoms with E-state index in [-0.39, 0.29) is 0 Å². The van der Waals surface area contributed by atoms with Gasteiger partial charge in [-0.15, -0.1) is 0 Å². The fourth-order valence-corrected chi connectivity index (χ4v) is 1.70. The van der Waals surface area contributed by atoms with Crippen LogP contribution in [-0.4, -0.2) is 37.8 Å². The Hall–Kier alpha value is -0.230. The van der Waals surface area contributed by atoms with Crippen LogP contribution in [0.1, 0.15) is 13.8 Å². The third-order valence-corrected chi connectivity index (χ3v) is 2.19. The van der Waals surface area contributed by atoms with Crippen molar-refractivity contribution in [2.75, 3.05) is 7.11 Å². The van der Waals surface area contributed by atoms with Gasteiger partial charge in [0.05, 0.1) is 0 Å². The minimum atomic E-state index is -1.46. The molecule has 2 saturated heterocycles. The lowest BCUT2D eigenvalue weighted by Gasteiger charge is -2.21. The second kappa shape index (κ2) is 2.88. The molecule has 0 bridgehead atoms. The number of hydrogen-bond acceptors (Lipinski definition) is 4. The summed E-state index contributed by atoms with van der Waals surface area (Å²) in [5.74, 6) is -0.750. The van der Waals surface area contributed by atoms with Crippen molar-refractivity contribution in [3.8, 4) is 0 Å². The van der Waals surface area contributed by atoms with Crippen LogP contribution in [0.2, 0.25) is 0 Å². The number of rotatable bonds is 1. The minimum absolute atomic E-state index is 0.463. The second-order valence-electron chi connectivity index (χ2n) is 3.66. The van der Waals surface area contributed by atoms with Gasteiger partial charge in [-0.2, -0.15) is 0 Å². The number of ether oxygens (including phenoxy) is 4. The number of alkyl halides is 1. The van der Waals surface area contributed by atoms with Gasteiger partial charge >= 0.3 is 0 Å². The van der Waals surface area contributed by atoms with Gasteiger partial charge in [-0.3, -0.25) is 0 Å². The van der Waals surface area contributed by atoms with Crippen LogP contribution in [0.4, 0.5) is 4.39 Å². The Kier molecular flexibility index (Phi) is 2.07. The number of fused-ring (bicyclic) bond motifs is 1. The summed E-state index contributed by atoms with van der Waals surface area (Å²) in [6.45, 7) is 3.48. The van der Waals surface area contributed by atoms with Crippen LogP contribution >= 0.6 is 0 Å². The van der Waals surface area contributed by atoms with Crippen LogP contribution in [0, 0.1) is 0 Å². The quantitative estimate of drug-likeness (QED) is 0.616. The molecule has 2 rings (SSSR count). The Morgan fingerprint density at radius 2 is 1.85 bits per heavy atom. The first kappa shape index (κ1) is 9.33. The molecule has 0 N–H and O–H groups in total. The van der Waals surface area contributed by atoms with Crippen LogP contribution in [0.25, 0.3) is 0 Å². The molecule has 0 radical (unpaired) electrons. The maximum absolute atomic E-state index is 13.2. The van der Waals surface area contributed by atoms with Crippen LogP contribution in [-0.2, 0) is 18.9 Å². The highest BCUT2D eigenvalue weighted by Gasteiger charge is 2.56. The topological polar surface area (TPSA) is 36.9 Å². The predicted molar refractivity (Wildman–Crippen MR) is 40.6 cm³/mol. The number of hydrogen-bond donors (Lipinski definition) is 0. The lowest BCUT2D eigenvalue weighted by Crippen LogP contribution is -2.30. The summed E-state index contributed by atoms with van der Waals surface area (Å²) in [7, 11) is 1.45. The second-order valence-corrected chi connectivity index (χ2v) is 3.66. The molecule has 2 heterocycles. The van der Waals surface area contributed by atoms with Crippen molar-refractivity contribution in [1.29, 1.82) is 0 Å². The third-order valence-electron chi connectivity index (χ3n) is 2.19. The van der Waals surface area contributed by atoms with Gasteiger partial charge in [0.15, 0.2) is 12.1 Å². The van der Waals surface area contributed by atoms with E-state index in [4.69, 9.17) is 18.9 Å². The van der Waals surface area contributed by atoms with Crippen LogP contribution in [0.15, 0.2) is 0 Å². The minimum Gasteiger partial charge on any atom is -0.353 e. The van der Waals surface area contributed by atoms with Crippen LogP contribution in [0.5, 0.6) is 0 Å². The van der Waals surface area contributed by atoms with Gasteiger partial charge < -0.3 is 18.9 Å². The highest BCUT2D eigenvalue weighted by atomic mass is 19.1. The van der Waals surface area contributed by atoms with E-state index in [1.807, 2.05) is 0 Å². The molecule has 0 aromatic carbocycles. The molecule has 2 aliphatic heterocycles. The van der Waals surface area contributed by atoms with E-state index in [2.05, 4.69) is 0 Å². The molecular formula is C8H13FO4. The van der Waals surface area contributed by atoms with E-state index in [9.17, 15) is 4.39 Å². The Morgan fingerprint density at radius 1 is 1.23 bits per heavy atom. The van der Waals surface area contributed by atoms with Crippen molar-refractivity contribution in [2.45, 2.75) is 44.5 Å². The molecule has 0 aromatic heterocycles. The monoisotopic (exact) mass is 192 g/mol. The lowest BCUT2D eigenvalue weighted by molar-refractivity contribution is -0.244. The van der Waals surface area contributed by atoms with Crippen molar-refractivity contribution >= 4 is 0 Å². The highest BCUT2D eigenvalue weighted by Crippen LogP contribution is 2.39. The fourth-order valence-electron chi connectivity index (χ4n) is 1.70. The van der Waals surface area contributed by atoms with Gasteiger partial charge in [0.25, 0.3) is 0 Å². The summed E-state index contributed by atoms with van der Waals surface area (Å²) in [5.41, 5.74) is 0. The molecule has 13 heavy (non-hydrogen) atoms. The van der Waals surface area contributed by atoms with E-state index in [1.54, 1.807) is 13.8 Å². The molecule has 2 aliphatic rings. The van der Waals surface area contributed by atoms with Gasteiger partial charge in [0.2, 0.25) is 6.36 Å². The van der Waals surface area contributed by atoms with E-state index in [0.29, 0.717) is 0 Å². The summed E-state index contributed by atoms with van der Waals surface area (Å²) < 4.78 is 33.7. The molecule has 5 heteroatoms. The van der Waals surface area contributed by atoms with Crippen molar-refractivity contribution in [2.24, 2.45) is 0 Å². The van der Waals surface area contributed by atoms with Crippen LogP contribution in [0.3, 0.4) is 0 Å². The number of methoxy groups -OCH3 is 1. The Morgan fingerprint density at radius 3 is 2.46 bits per heavy atom. The normalized spacial score (nSPS) is 48.0. The molecule has 0 unspecified atom stereocenters. The first-order valence-electron chi connectivity index (χ1n) is 4.21. The summed E-state index contributed by atoms with van der Waals surface area (Å²) in [4.78, 5) is 0. The first-order valence-corrected chi connectivity index (χ1v) is 4.21.